The van der Waals surface area contributed by atoms with Gasteiger partial charge in [0.1, 0.15) is 0 Å². The molecule has 0 saturated carbocycles. The molecule has 0 fully saturated rings. The number of nitrogens with zero attached hydrogens (tertiary/aromatic N) is 1. The van der Waals surface area contributed by atoms with Crippen LogP contribution in [0.3, 0.4) is 0 Å². The van der Waals surface area contributed by atoms with E-state index in [1.807, 2.05) is 12.3 Å². The number of anilines is 1. The summed E-state index contributed by atoms with van der Waals surface area (Å²) in [6, 6.07) is 5.08. The number of halogens is 2. The first kappa shape index (κ1) is 13.3. The fourth-order valence-corrected chi connectivity index (χ4v) is 2.56. The molecule has 1 aromatic carbocycles. The SMILES string of the molecule is Cc1nc(CC(=O)Nc2c(Cl)cccc2Cl)cs1. The zero-order valence-electron chi connectivity index (χ0n) is 9.54. The van der Waals surface area contributed by atoms with Gasteiger partial charge >= 0.3 is 0 Å². The number of carbonyl (C=O) groups is 1. The molecule has 0 atom stereocenters. The quantitative estimate of drug-likeness (QED) is 0.933. The predicted octanol–water partition coefficient (Wildman–Crippen LogP) is 3.94. The molecular weight excluding hydrogens is 291 g/mol. The summed E-state index contributed by atoms with van der Waals surface area (Å²) >= 11 is 13.5. The van der Waals surface area contributed by atoms with Crippen molar-refractivity contribution in [3.63, 3.8) is 0 Å². The molecule has 0 aliphatic heterocycles. The molecule has 18 heavy (non-hydrogen) atoms. The molecule has 2 rings (SSSR count). The van der Waals surface area contributed by atoms with Gasteiger partial charge in [0, 0.05) is 5.38 Å². The van der Waals surface area contributed by atoms with Crippen LogP contribution in [0.5, 0.6) is 0 Å². The maximum atomic E-state index is 11.8. The number of hydrogen-bond acceptors (Lipinski definition) is 3. The Hall–Kier alpha value is -1.10. The number of thiazole rings is 1. The van der Waals surface area contributed by atoms with Gasteiger partial charge in [0.25, 0.3) is 0 Å². The second-order valence-electron chi connectivity index (χ2n) is 3.68. The van der Waals surface area contributed by atoms with Crippen molar-refractivity contribution in [2.24, 2.45) is 0 Å². The molecule has 0 unspecified atom stereocenters. The second-order valence-corrected chi connectivity index (χ2v) is 5.56. The van der Waals surface area contributed by atoms with Crippen LogP contribution in [0.4, 0.5) is 5.69 Å². The number of nitrogens with one attached hydrogen (secondary N) is 1. The Labute approximate surface area is 119 Å². The molecule has 1 aromatic heterocycles. The Morgan fingerprint density at radius 1 is 1.39 bits per heavy atom. The van der Waals surface area contributed by atoms with Gasteiger partial charge in [0.15, 0.2) is 0 Å². The van der Waals surface area contributed by atoms with Gasteiger partial charge in [0.05, 0.1) is 32.9 Å². The summed E-state index contributed by atoms with van der Waals surface area (Å²) in [6.45, 7) is 1.90. The molecule has 6 heteroatoms. The van der Waals surface area contributed by atoms with Gasteiger partial charge in [-0.15, -0.1) is 11.3 Å². The first-order valence-corrected chi connectivity index (χ1v) is 6.84. The van der Waals surface area contributed by atoms with Gasteiger partial charge in [0.2, 0.25) is 5.91 Å². The Balaban J connectivity index is 2.08. The van der Waals surface area contributed by atoms with Gasteiger partial charge in [-0.25, -0.2) is 4.98 Å². The fraction of sp³-hybridized carbons (Fsp3) is 0.167. The highest BCUT2D eigenvalue weighted by atomic mass is 35.5. The molecule has 3 nitrogen and oxygen atoms in total. The molecule has 0 radical (unpaired) electrons. The van der Waals surface area contributed by atoms with Crippen LogP contribution in [-0.4, -0.2) is 10.9 Å². The van der Waals surface area contributed by atoms with E-state index in [2.05, 4.69) is 10.3 Å². The van der Waals surface area contributed by atoms with Crippen molar-refractivity contribution >= 4 is 46.1 Å². The number of amides is 1. The third-order valence-electron chi connectivity index (χ3n) is 2.24. The average Bonchev–Trinajstić information content (AvgIpc) is 2.69. The van der Waals surface area contributed by atoms with Crippen LogP contribution in [0, 0.1) is 6.92 Å². The molecule has 94 valence electrons. The first-order valence-electron chi connectivity index (χ1n) is 5.21. The normalized spacial score (nSPS) is 10.4. The van der Waals surface area contributed by atoms with E-state index >= 15 is 0 Å². The van der Waals surface area contributed by atoms with E-state index in [1.54, 1.807) is 18.2 Å². The molecule has 0 aliphatic rings. The van der Waals surface area contributed by atoms with E-state index < -0.39 is 0 Å². The molecule has 0 saturated heterocycles. The molecular formula is C12H10Cl2N2OS. The van der Waals surface area contributed by atoms with E-state index in [9.17, 15) is 4.79 Å². The lowest BCUT2D eigenvalue weighted by Crippen LogP contribution is -2.15. The first-order chi connectivity index (χ1) is 8.56. The fourth-order valence-electron chi connectivity index (χ4n) is 1.45. The number of carbonyl (C=O) groups excluding carboxylic acids is 1. The molecule has 2 aromatic rings. The van der Waals surface area contributed by atoms with Crippen molar-refractivity contribution in [1.29, 1.82) is 0 Å². The highest BCUT2D eigenvalue weighted by Gasteiger charge is 2.11. The summed E-state index contributed by atoms with van der Waals surface area (Å²) < 4.78 is 0. The van der Waals surface area contributed by atoms with Crippen LogP contribution in [0.1, 0.15) is 10.7 Å². The number of aryl methyl sites for hydroxylation is 1. The Bertz CT molecular complexity index is 563. The molecule has 1 heterocycles. The smallest absolute Gasteiger partial charge is 0.230 e. The number of hydrogen-bond donors (Lipinski definition) is 1. The standard InChI is InChI=1S/C12H10Cl2N2OS/c1-7-15-8(6-18-7)5-11(17)16-12-9(13)3-2-4-10(12)14/h2-4,6H,5H2,1H3,(H,16,17). The lowest BCUT2D eigenvalue weighted by atomic mass is 10.3. The summed E-state index contributed by atoms with van der Waals surface area (Å²) in [7, 11) is 0. The molecule has 0 bridgehead atoms. The Morgan fingerprint density at radius 2 is 2.06 bits per heavy atom. The van der Waals surface area contributed by atoms with Crippen LogP contribution in [-0.2, 0) is 11.2 Å². The van der Waals surface area contributed by atoms with Crippen molar-refractivity contribution in [3.8, 4) is 0 Å². The highest BCUT2D eigenvalue weighted by Crippen LogP contribution is 2.29. The average molecular weight is 301 g/mol. The van der Waals surface area contributed by atoms with Gasteiger partial charge < -0.3 is 5.32 Å². The van der Waals surface area contributed by atoms with Crippen LogP contribution in [0.2, 0.25) is 10.0 Å². The van der Waals surface area contributed by atoms with E-state index in [0.29, 0.717) is 15.7 Å². The number of benzene rings is 1. The van der Waals surface area contributed by atoms with Crippen LogP contribution >= 0.6 is 34.5 Å². The number of para-hydroxylation sites is 1. The van der Waals surface area contributed by atoms with Gasteiger partial charge in [-0.3, -0.25) is 4.79 Å². The second kappa shape index (κ2) is 5.69. The summed E-state index contributed by atoms with van der Waals surface area (Å²) in [5.74, 6) is -0.185. The van der Waals surface area contributed by atoms with Crippen molar-refractivity contribution in [3.05, 3.63) is 44.3 Å². The molecule has 1 N–H and O–H groups in total. The Kier molecular flexibility index (Phi) is 4.22. The van der Waals surface area contributed by atoms with Crippen LogP contribution in [0.25, 0.3) is 0 Å². The van der Waals surface area contributed by atoms with Gasteiger partial charge in [-0.2, -0.15) is 0 Å². The van der Waals surface area contributed by atoms with E-state index in [4.69, 9.17) is 23.2 Å². The zero-order chi connectivity index (χ0) is 13.1. The molecule has 0 aliphatic carbocycles. The summed E-state index contributed by atoms with van der Waals surface area (Å²) in [5.41, 5.74) is 1.19. The molecule has 1 amide bonds. The van der Waals surface area contributed by atoms with Gasteiger partial charge in [-0.1, -0.05) is 29.3 Å². The van der Waals surface area contributed by atoms with E-state index in [0.717, 1.165) is 10.7 Å². The summed E-state index contributed by atoms with van der Waals surface area (Å²) in [5, 5.41) is 6.34. The van der Waals surface area contributed by atoms with Crippen molar-refractivity contribution in [1.82, 2.24) is 4.98 Å². The Morgan fingerprint density at radius 3 is 2.61 bits per heavy atom. The minimum Gasteiger partial charge on any atom is -0.323 e. The lowest BCUT2D eigenvalue weighted by molar-refractivity contribution is -0.115. The van der Waals surface area contributed by atoms with Crippen LogP contribution in [0.15, 0.2) is 23.6 Å². The van der Waals surface area contributed by atoms with Crippen molar-refractivity contribution < 1.29 is 4.79 Å². The minimum atomic E-state index is -0.185. The summed E-state index contributed by atoms with van der Waals surface area (Å²) in [4.78, 5) is 16.1. The van der Waals surface area contributed by atoms with Crippen molar-refractivity contribution in [2.45, 2.75) is 13.3 Å². The predicted molar refractivity (Wildman–Crippen MR) is 75.6 cm³/mol. The maximum absolute atomic E-state index is 11.8. The highest BCUT2D eigenvalue weighted by molar-refractivity contribution is 7.09. The topological polar surface area (TPSA) is 42.0 Å². The largest absolute Gasteiger partial charge is 0.323 e. The third-order valence-corrected chi connectivity index (χ3v) is 3.69. The number of aromatic nitrogens is 1. The van der Waals surface area contributed by atoms with E-state index in [-0.39, 0.29) is 12.3 Å². The monoisotopic (exact) mass is 300 g/mol. The van der Waals surface area contributed by atoms with Crippen molar-refractivity contribution in [2.75, 3.05) is 5.32 Å². The number of rotatable bonds is 3. The minimum absolute atomic E-state index is 0.185. The summed E-state index contributed by atoms with van der Waals surface area (Å²) in [6.07, 6.45) is 0.214. The maximum Gasteiger partial charge on any atom is 0.230 e. The van der Waals surface area contributed by atoms with Gasteiger partial charge in [-0.05, 0) is 19.1 Å². The van der Waals surface area contributed by atoms with E-state index in [1.165, 1.54) is 11.3 Å². The molecule has 0 spiro atoms. The zero-order valence-corrected chi connectivity index (χ0v) is 11.9. The lowest BCUT2D eigenvalue weighted by Gasteiger charge is -2.08. The van der Waals surface area contributed by atoms with Crippen LogP contribution < -0.4 is 5.32 Å². The third kappa shape index (κ3) is 3.22.